The average molecular weight is 547 g/mol. The summed E-state index contributed by atoms with van der Waals surface area (Å²) >= 11 is 0. The third-order valence-corrected chi connectivity index (χ3v) is 7.36. The van der Waals surface area contributed by atoms with Gasteiger partial charge < -0.3 is 20.1 Å². The molecule has 6 rings (SSSR count). The van der Waals surface area contributed by atoms with Crippen LogP contribution in [-0.4, -0.2) is 42.2 Å². The summed E-state index contributed by atoms with van der Waals surface area (Å²) < 4.78 is 1.57. The first kappa shape index (κ1) is 25.9. The Morgan fingerprint density at radius 2 is 1.63 bits per heavy atom. The number of hydrogen-bond donors (Lipinski definition) is 3. The number of rotatable bonds is 8. The van der Waals surface area contributed by atoms with E-state index in [9.17, 15) is 24.6 Å². The van der Waals surface area contributed by atoms with Crippen molar-refractivity contribution in [1.82, 2.24) is 19.9 Å². The molecule has 1 saturated carbocycles. The Hall–Kier alpha value is -5.31. The topological polar surface area (TPSA) is 134 Å². The lowest BCUT2D eigenvalue weighted by molar-refractivity contribution is -0.137. The summed E-state index contributed by atoms with van der Waals surface area (Å²) in [5.74, 6) is -2.10. The minimum atomic E-state index is -1.02. The normalized spacial score (nSPS) is 13.6. The number of amides is 1. The molecule has 0 radical (unpaired) electrons. The largest absolute Gasteiger partial charge is 0.505 e. The van der Waals surface area contributed by atoms with Gasteiger partial charge in [-0.1, -0.05) is 60.7 Å². The molecule has 0 unspecified atom stereocenters. The molecule has 9 nitrogen and oxygen atoms in total. The first-order valence-corrected chi connectivity index (χ1v) is 13.2. The SMILES string of the molecule is O=C(O)CC1(NC(=O)c2nc(-c3cccnc3)c3c(cc(-c4ccccc4)c(=O)n3Cc3ccccc3)c2O)CC1. The van der Waals surface area contributed by atoms with Crippen LogP contribution in [0.3, 0.4) is 0 Å². The zero-order valence-corrected chi connectivity index (χ0v) is 21.9. The van der Waals surface area contributed by atoms with Gasteiger partial charge in [-0.15, -0.1) is 0 Å². The monoisotopic (exact) mass is 546 g/mol. The number of carboxylic acid groups (broad SMARTS) is 1. The van der Waals surface area contributed by atoms with Crippen molar-refractivity contribution >= 4 is 22.8 Å². The molecule has 41 heavy (non-hydrogen) atoms. The highest BCUT2D eigenvalue weighted by Crippen LogP contribution is 2.40. The van der Waals surface area contributed by atoms with E-state index < -0.39 is 23.2 Å². The Bertz CT molecular complexity index is 1830. The molecule has 9 heteroatoms. The van der Waals surface area contributed by atoms with Crippen molar-refractivity contribution in [2.45, 2.75) is 31.3 Å². The van der Waals surface area contributed by atoms with Crippen molar-refractivity contribution in [2.75, 3.05) is 0 Å². The van der Waals surface area contributed by atoms with Crippen molar-refractivity contribution in [2.24, 2.45) is 0 Å². The minimum absolute atomic E-state index is 0.193. The van der Waals surface area contributed by atoms with E-state index in [0.717, 1.165) is 5.56 Å². The van der Waals surface area contributed by atoms with Gasteiger partial charge in [0.2, 0.25) is 0 Å². The van der Waals surface area contributed by atoms with Gasteiger partial charge in [-0.25, -0.2) is 4.98 Å². The molecule has 1 aliphatic rings. The molecule has 0 saturated heterocycles. The molecule has 1 aliphatic carbocycles. The average Bonchev–Trinajstić information content (AvgIpc) is 3.73. The van der Waals surface area contributed by atoms with E-state index in [0.29, 0.717) is 40.7 Å². The molecule has 3 heterocycles. The third kappa shape index (κ3) is 5.05. The zero-order chi connectivity index (χ0) is 28.6. The second-order valence-corrected chi connectivity index (χ2v) is 10.3. The number of carbonyl (C=O) groups is 2. The summed E-state index contributed by atoms with van der Waals surface area (Å²) in [6.07, 6.45) is 3.99. The van der Waals surface area contributed by atoms with E-state index in [1.54, 1.807) is 35.2 Å². The predicted octanol–water partition coefficient (Wildman–Crippen LogP) is 4.62. The van der Waals surface area contributed by atoms with Gasteiger partial charge in [0.1, 0.15) is 0 Å². The van der Waals surface area contributed by atoms with Crippen LogP contribution in [0.2, 0.25) is 0 Å². The number of aliphatic carboxylic acids is 1. The van der Waals surface area contributed by atoms with E-state index in [-0.39, 0.29) is 29.6 Å². The van der Waals surface area contributed by atoms with Crippen LogP contribution < -0.4 is 10.9 Å². The van der Waals surface area contributed by atoms with Gasteiger partial charge in [0.05, 0.1) is 29.7 Å². The van der Waals surface area contributed by atoms with Gasteiger partial charge in [0.25, 0.3) is 11.5 Å². The van der Waals surface area contributed by atoms with Gasteiger partial charge in [-0.2, -0.15) is 0 Å². The number of hydrogen-bond acceptors (Lipinski definition) is 6. The number of aromatic nitrogens is 3. The van der Waals surface area contributed by atoms with Crippen molar-refractivity contribution in [3.05, 3.63) is 113 Å². The molecule has 204 valence electrons. The number of carbonyl (C=O) groups excluding carboxylic acids is 1. The minimum Gasteiger partial charge on any atom is -0.505 e. The Kier molecular flexibility index (Phi) is 6.55. The summed E-state index contributed by atoms with van der Waals surface area (Å²) in [6.45, 7) is 0.193. The second-order valence-electron chi connectivity index (χ2n) is 10.3. The van der Waals surface area contributed by atoms with Crippen LogP contribution in [0.15, 0.2) is 96.1 Å². The van der Waals surface area contributed by atoms with Crippen molar-refractivity contribution in [3.8, 4) is 28.1 Å². The van der Waals surface area contributed by atoms with E-state index in [1.165, 1.54) is 0 Å². The molecular formula is C32H26N4O5. The second kappa shape index (κ2) is 10.3. The van der Waals surface area contributed by atoms with Crippen LogP contribution in [0.5, 0.6) is 5.75 Å². The number of aromatic hydroxyl groups is 1. The van der Waals surface area contributed by atoms with E-state index in [1.807, 2.05) is 60.7 Å². The number of nitrogens with zero attached hydrogens (tertiary/aromatic N) is 3. The fraction of sp³-hybridized carbons (Fsp3) is 0.156. The Balaban J connectivity index is 1.64. The van der Waals surface area contributed by atoms with Gasteiger partial charge >= 0.3 is 5.97 Å². The first-order chi connectivity index (χ1) is 19.8. The first-order valence-electron chi connectivity index (χ1n) is 13.2. The summed E-state index contributed by atoms with van der Waals surface area (Å²) in [5.41, 5.74) is 1.66. The van der Waals surface area contributed by atoms with Crippen molar-refractivity contribution in [1.29, 1.82) is 0 Å². The number of carboxylic acids is 1. The zero-order valence-electron chi connectivity index (χ0n) is 21.9. The van der Waals surface area contributed by atoms with Crippen LogP contribution in [-0.2, 0) is 11.3 Å². The van der Waals surface area contributed by atoms with Gasteiger partial charge in [-0.05, 0) is 42.2 Å². The molecular weight excluding hydrogens is 520 g/mol. The number of benzene rings is 2. The van der Waals surface area contributed by atoms with Crippen molar-refractivity contribution < 1.29 is 19.8 Å². The maximum Gasteiger partial charge on any atom is 0.305 e. The fourth-order valence-electron chi connectivity index (χ4n) is 5.14. The van der Waals surface area contributed by atoms with E-state index in [4.69, 9.17) is 0 Å². The highest BCUT2D eigenvalue weighted by molar-refractivity contribution is 6.06. The molecule has 1 amide bonds. The Morgan fingerprint density at radius 1 is 0.951 bits per heavy atom. The predicted molar refractivity (Wildman–Crippen MR) is 154 cm³/mol. The lowest BCUT2D eigenvalue weighted by Crippen LogP contribution is -2.39. The number of fused-ring (bicyclic) bond motifs is 1. The van der Waals surface area contributed by atoms with Crippen LogP contribution in [0.4, 0.5) is 0 Å². The maximum atomic E-state index is 14.1. The molecule has 0 aliphatic heterocycles. The third-order valence-electron chi connectivity index (χ3n) is 7.36. The molecule has 0 spiro atoms. The smallest absolute Gasteiger partial charge is 0.305 e. The molecule has 3 aromatic heterocycles. The van der Waals surface area contributed by atoms with Crippen LogP contribution >= 0.6 is 0 Å². The number of nitrogens with one attached hydrogen (secondary N) is 1. The fourth-order valence-corrected chi connectivity index (χ4v) is 5.14. The molecule has 0 bridgehead atoms. The van der Waals surface area contributed by atoms with Crippen LogP contribution in [0.1, 0.15) is 35.3 Å². The summed E-state index contributed by atoms with van der Waals surface area (Å²) in [4.78, 5) is 47.8. The lowest BCUT2D eigenvalue weighted by Gasteiger charge is -2.20. The molecule has 1 fully saturated rings. The van der Waals surface area contributed by atoms with Crippen LogP contribution in [0, 0.1) is 0 Å². The summed E-state index contributed by atoms with van der Waals surface area (Å²) in [5, 5.41) is 23.9. The summed E-state index contributed by atoms with van der Waals surface area (Å²) in [7, 11) is 0. The van der Waals surface area contributed by atoms with Gasteiger partial charge in [0.15, 0.2) is 11.4 Å². The molecule has 0 atom stereocenters. The molecule has 3 N–H and O–H groups in total. The maximum absolute atomic E-state index is 14.1. The Labute approximate surface area is 234 Å². The Morgan fingerprint density at radius 3 is 2.27 bits per heavy atom. The molecule has 2 aromatic carbocycles. The number of pyridine rings is 3. The molecule has 5 aromatic rings. The summed E-state index contributed by atoms with van der Waals surface area (Å²) in [6, 6.07) is 23.7. The van der Waals surface area contributed by atoms with Gasteiger partial charge in [0, 0.05) is 28.9 Å². The van der Waals surface area contributed by atoms with E-state index >= 15 is 0 Å². The van der Waals surface area contributed by atoms with E-state index in [2.05, 4.69) is 15.3 Å². The quantitative estimate of drug-likeness (QED) is 0.259. The highest BCUT2D eigenvalue weighted by Gasteiger charge is 2.46. The highest BCUT2D eigenvalue weighted by atomic mass is 16.4. The lowest BCUT2D eigenvalue weighted by atomic mass is 10.0. The standard InChI is InChI=1S/C32H26N4O5/c37-25(38)17-32(13-14-32)35-30(40)27-29(39)24-16-23(21-10-5-2-6-11-21)31(41)36(19-20-8-3-1-4-9-20)28(24)26(34-27)22-12-7-15-33-18-22/h1-12,15-16,18,39H,13-14,17,19H2,(H,35,40)(H,37,38). The van der Waals surface area contributed by atoms with Crippen LogP contribution in [0.25, 0.3) is 33.3 Å². The van der Waals surface area contributed by atoms with Gasteiger partial charge in [-0.3, -0.25) is 19.4 Å². The van der Waals surface area contributed by atoms with Crippen molar-refractivity contribution in [3.63, 3.8) is 0 Å².